The van der Waals surface area contributed by atoms with Crippen LogP contribution in [0.3, 0.4) is 0 Å². The number of likely N-dealkylation sites (tertiary alicyclic amines) is 2. The number of carbonyl (C=O) groups is 2. The molecule has 2 saturated carbocycles. The molecular formula is C60H88N2O7. The molecule has 0 unspecified atom stereocenters. The van der Waals surface area contributed by atoms with Gasteiger partial charge >= 0.3 is 11.9 Å². The van der Waals surface area contributed by atoms with Crippen LogP contribution in [0.2, 0.25) is 0 Å². The summed E-state index contributed by atoms with van der Waals surface area (Å²) in [7, 11) is 0. The highest BCUT2D eigenvalue weighted by atomic mass is 16.5. The van der Waals surface area contributed by atoms with Gasteiger partial charge in [-0.15, -0.1) is 0 Å². The quantitative estimate of drug-likeness (QED) is 0.119. The van der Waals surface area contributed by atoms with Gasteiger partial charge in [0.1, 0.15) is 11.5 Å². The third-order valence-corrected chi connectivity index (χ3v) is 16.7. The molecule has 2 heterocycles. The van der Waals surface area contributed by atoms with E-state index in [1.165, 1.54) is 60.4 Å². The number of benzene rings is 4. The molecule has 8 rings (SSSR count). The van der Waals surface area contributed by atoms with Gasteiger partial charge in [-0.05, 0) is 209 Å². The number of aliphatic hydroxyl groups excluding tert-OH is 1. The summed E-state index contributed by atoms with van der Waals surface area (Å²) in [6.45, 7) is 24.4. The number of piperidine rings is 2. The van der Waals surface area contributed by atoms with E-state index >= 15 is 0 Å². The molecule has 2 aliphatic heterocycles. The zero-order valence-corrected chi connectivity index (χ0v) is 43.8. The van der Waals surface area contributed by atoms with Crippen LogP contribution in [0.4, 0.5) is 0 Å². The average Bonchev–Trinajstić information content (AvgIpc) is 3.35. The Labute approximate surface area is 415 Å². The van der Waals surface area contributed by atoms with Gasteiger partial charge in [0.25, 0.3) is 0 Å². The Kier molecular flexibility index (Phi) is 20.2. The highest BCUT2D eigenvalue weighted by Gasteiger charge is 2.33. The summed E-state index contributed by atoms with van der Waals surface area (Å²) in [6, 6.07) is 25.1. The fourth-order valence-electron chi connectivity index (χ4n) is 11.1. The molecule has 0 aromatic heterocycles. The second-order valence-corrected chi connectivity index (χ2v) is 22.1. The summed E-state index contributed by atoms with van der Waals surface area (Å²) >= 11 is 0. The molecule has 69 heavy (non-hydrogen) atoms. The fraction of sp³-hybridized carbons (Fsp3) is 0.633. The van der Waals surface area contributed by atoms with E-state index in [9.17, 15) is 19.8 Å². The monoisotopic (exact) mass is 949 g/mol. The molecule has 380 valence electrons. The van der Waals surface area contributed by atoms with E-state index < -0.39 is 0 Å². The number of ether oxygens (including phenoxy) is 3. The predicted molar refractivity (Wildman–Crippen MR) is 281 cm³/mol. The number of aromatic hydroxyl groups is 1. The van der Waals surface area contributed by atoms with Crippen molar-refractivity contribution in [3.63, 3.8) is 0 Å². The van der Waals surface area contributed by atoms with Gasteiger partial charge in [0.05, 0.1) is 37.3 Å². The lowest BCUT2D eigenvalue weighted by Crippen LogP contribution is -2.36. The molecule has 4 aromatic rings. The van der Waals surface area contributed by atoms with Crippen LogP contribution < -0.4 is 4.74 Å². The maximum Gasteiger partial charge on any atom is 0.309 e. The van der Waals surface area contributed by atoms with Crippen molar-refractivity contribution in [1.82, 2.24) is 9.80 Å². The first-order valence-corrected chi connectivity index (χ1v) is 27.0. The Morgan fingerprint density at radius 2 is 0.942 bits per heavy atom. The first-order chi connectivity index (χ1) is 33.1. The Balaban J connectivity index is 0.000000191. The highest BCUT2D eigenvalue weighted by molar-refractivity contribution is 5.85. The van der Waals surface area contributed by atoms with Gasteiger partial charge in [-0.2, -0.15) is 0 Å². The summed E-state index contributed by atoms with van der Waals surface area (Å²) in [5.41, 5.74) is 3.52. The number of rotatable bonds is 14. The number of hydrogen-bond acceptors (Lipinski definition) is 9. The molecule has 0 amide bonds. The first kappa shape index (κ1) is 54.2. The van der Waals surface area contributed by atoms with E-state index in [0.717, 1.165) is 119 Å². The van der Waals surface area contributed by atoms with Gasteiger partial charge < -0.3 is 24.4 Å². The van der Waals surface area contributed by atoms with Crippen molar-refractivity contribution < 1.29 is 34.0 Å². The van der Waals surface area contributed by atoms with E-state index in [2.05, 4.69) is 106 Å². The molecule has 0 bridgehead atoms. The van der Waals surface area contributed by atoms with E-state index in [4.69, 9.17) is 14.2 Å². The van der Waals surface area contributed by atoms with E-state index in [1.54, 1.807) is 12.1 Å². The number of nitrogens with zero attached hydrogens (tertiary/aromatic N) is 2. The Hall–Kier alpha value is -4.18. The largest absolute Gasteiger partial charge is 0.508 e. The van der Waals surface area contributed by atoms with Gasteiger partial charge in [-0.25, -0.2) is 0 Å². The smallest absolute Gasteiger partial charge is 0.309 e. The average molecular weight is 949 g/mol. The van der Waals surface area contributed by atoms with Crippen LogP contribution in [0.25, 0.3) is 21.5 Å². The fourth-order valence-corrected chi connectivity index (χ4v) is 11.1. The van der Waals surface area contributed by atoms with Gasteiger partial charge in [0.15, 0.2) is 0 Å². The lowest BCUT2D eigenvalue weighted by Gasteiger charge is -2.38. The summed E-state index contributed by atoms with van der Waals surface area (Å²) in [4.78, 5) is 28.6. The molecule has 9 heteroatoms. The number of carbonyl (C=O) groups excluding carboxylic acids is 2. The second-order valence-electron chi connectivity index (χ2n) is 22.1. The lowest BCUT2D eigenvalue weighted by atomic mass is 9.69. The summed E-state index contributed by atoms with van der Waals surface area (Å²) in [6.07, 6.45) is 15.8. The summed E-state index contributed by atoms with van der Waals surface area (Å²) in [5, 5.41) is 23.6. The molecule has 2 N–H and O–H groups in total. The molecule has 0 spiro atoms. The predicted octanol–water partition coefficient (Wildman–Crippen LogP) is 13.3. The van der Waals surface area contributed by atoms with Crippen LogP contribution in [0.1, 0.15) is 156 Å². The minimum atomic E-state index is -0.0438. The van der Waals surface area contributed by atoms with Crippen molar-refractivity contribution in [2.45, 2.75) is 171 Å². The van der Waals surface area contributed by atoms with Gasteiger partial charge in [-0.1, -0.05) is 90.8 Å². The maximum atomic E-state index is 12.0. The standard InChI is InChI=1S/C30H43NO3.C19H23NO3.C11H22O/c1-5-30(3,4)26-10-13-27(14-11-26)34-28-12-9-24-19-22(7-8-25(24)20-28)21-31-17-15-23(16-18-31)29(32)33-6-2;1-2-23-19(22)15-7-9-20(10-8-15)13-14-3-4-17-12-18(21)6-5-16(17)11-14;1-4-11(2,3)9-5-7-10(12)8-6-9/h7-9,12,19-20,23,26-27H,5-6,10-11,13-18,21H2,1-4H3;3-6,11-12,15,21H,2,7-10,13H2,1H3;9-10,12H,4-8H2,1-3H3. The molecule has 4 aliphatic rings. The topological polar surface area (TPSA) is 109 Å². The Bertz CT molecular complexity index is 2210. The number of aliphatic hydroxyl groups is 1. The minimum absolute atomic E-state index is 0.00564. The third-order valence-electron chi connectivity index (χ3n) is 16.7. The maximum absolute atomic E-state index is 12.0. The van der Waals surface area contributed by atoms with Crippen LogP contribution in [-0.2, 0) is 32.2 Å². The number of hydrogen-bond donors (Lipinski definition) is 2. The van der Waals surface area contributed by atoms with Crippen LogP contribution >= 0.6 is 0 Å². The Morgan fingerprint density at radius 1 is 0.536 bits per heavy atom. The number of esters is 2. The van der Waals surface area contributed by atoms with Crippen LogP contribution in [-0.4, -0.2) is 83.6 Å². The third kappa shape index (κ3) is 15.9. The van der Waals surface area contributed by atoms with Crippen molar-refractivity contribution in [3.05, 3.63) is 83.9 Å². The number of fused-ring (bicyclic) bond motifs is 2. The van der Waals surface area contributed by atoms with E-state index in [-0.39, 0.29) is 29.9 Å². The summed E-state index contributed by atoms with van der Waals surface area (Å²) in [5.74, 6) is 3.02. The molecule has 9 nitrogen and oxygen atoms in total. The zero-order chi connectivity index (χ0) is 49.6. The Morgan fingerprint density at radius 3 is 1.39 bits per heavy atom. The molecule has 2 aliphatic carbocycles. The normalized spacial score (nSPS) is 22.2. The van der Waals surface area contributed by atoms with E-state index in [1.807, 2.05) is 19.9 Å². The SMILES string of the molecule is CCC(C)(C)C1CCC(O)CC1.CCOC(=O)C1CCN(Cc2ccc3cc(O)ccc3c2)CC1.CCOC(=O)C1CCN(Cc2ccc3cc(OC4CCC(C(C)(C)CC)CC4)ccc3c2)CC1. The van der Waals surface area contributed by atoms with Gasteiger partial charge in [0.2, 0.25) is 0 Å². The van der Waals surface area contributed by atoms with Crippen molar-refractivity contribution in [2.24, 2.45) is 34.5 Å². The van der Waals surface area contributed by atoms with Crippen molar-refractivity contribution in [1.29, 1.82) is 0 Å². The molecular weight excluding hydrogens is 861 g/mol. The number of phenols is 1. The van der Waals surface area contributed by atoms with Crippen LogP contribution in [0.15, 0.2) is 72.8 Å². The zero-order valence-electron chi connectivity index (χ0n) is 43.8. The molecule has 4 aromatic carbocycles. The van der Waals surface area contributed by atoms with Gasteiger partial charge in [0, 0.05) is 13.1 Å². The summed E-state index contributed by atoms with van der Waals surface area (Å²) < 4.78 is 16.7. The van der Waals surface area contributed by atoms with Crippen LogP contribution in [0.5, 0.6) is 11.5 Å². The molecule has 2 saturated heterocycles. The molecule has 0 radical (unpaired) electrons. The van der Waals surface area contributed by atoms with E-state index in [0.29, 0.717) is 35.9 Å². The molecule has 4 fully saturated rings. The molecule has 0 atom stereocenters. The minimum Gasteiger partial charge on any atom is -0.508 e. The highest BCUT2D eigenvalue weighted by Crippen LogP contribution is 2.42. The second kappa shape index (κ2) is 25.8. The number of phenolic OH excluding ortho intramolecular Hbond substituents is 1. The van der Waals surface area contributed by atoms with Crippen molar-refractivity contribution in [2.75, 3.05) is 39.4 Å². The van der Waals surface area contributed by atoms with Gasteiger partial charge in [-0.3, -0.25) is 19.4 Å². The van der Waals surface area contributed by atoms with Crippen LogP contribution in [0, 0.1) is 34.5 Å². The van der Waals surface area contributed by atoms with Crippen molar-refractivity contribution in [3.8, 4) is 11.5 Å². The first-order valence-electron chi connectivity index (χ1n) is 27.0. The van der Waals surface area contributed by atoms with Crippen molar-refractivity contribution >= 4 is 33.5 Å². The lowest BCUT2D eigenvalue weighted by molar-refractivity contribution is -0.150.